The Labute approximate surface area is 111 Å². The molecule has 5 heteroatoms. The molecule has 1 aromatic rings. The number of aliphatic carboxylic acids is 1. The number of carboxylic acid groups (broad SMARTS) is 1. The maximum absolute atomic E-state index is 12.0. The first-order chi connectivity index (χ1) is 8.79. The number of hydrogen-bond donors (Lipinski definition) is 1. The summed E-state index contributed by atoms with van der Waals surface area (Å²) in [5.74, 6) is -2.33. The molecule has 1 N–H and O–H groups in total. The lowest BCUT2D eigenvalue weighted by Gasteiger charge is -2.14. The van der Waals surface area contributed by atoms with Crippen LogP contribution in [0.5, 0.6) is 5.75 Å². The first-order valence-corrected chi connectivity index (χ1v) is 5.73. The van der Waals surface area contributed by atoms with Crippen molar-refractivity contribution in [3.8, 4) is 5.75 Å². The van der Waals surface area contributed by atoms with Crippen molar-refractivity contribution in [2.24, 2.45) is 0 Å². The average molecular weight is 264 g/mol. The fraction of sp³-hybridized carbons (Fsp3) is 0.357. The molecule has 0 aromatic heterocycles. The van der Waals surface area contributed by atoms with Gasteiger partial charge in [-0.1, -0.05) is 0 Å². The minimum atomic E-state index is -1.31. The molecule has 0 bridgehead atoms. The number of benzene rings is 1. The fourth-order valence-corrected chi connectivity index (χ4v) is 1.98. The van der Waals surface area contributed by atoms with Gasteiger partial charge in [0.2, 0.25) is 11.6 Å². The van der Waals surface area contributed by atoms with Crippen LogP contribution in [0, 0.1) is 20.8 Å². The molecule has 19 heavy (non-hydrogen) atoms. The number of Topliss-reactive ketones (excluding diaryl/α,β-unsaturated/α-hetero) is 2. The highest BCUT2D eigenvalue weighted by Crippen LogP contribution is 2.28. The second-order valence-corrected chi connectivity index (χ2v) is 4.35. The first kappa shape index (κ1) is 14.9. The third-order valence-corrected chi connectivity index (χ3v) is 3.04. The van der Waals surface area contributed by atoms with Crippen molar-refractivity contribution in [3.63, 3.8) is 0 Å². The molecule has 1 aromatic carbocycles. The summed E-state index contributed by atoms with van der Waals surface area (Å²) in [6, 6.07) is 1.56. The van der Waals surface area contributed by atoms with E-state index in [1.807, 2.05) is 0 Å². The Morgan fingerprint density at radius 2 is 1.74 bits per heavy atom. The lowest BCUT2D eigenvalue weighted by atomic mass is 9.94. The van der Waals surface area contributed by atoms with Gasteiger partial charge < -0.3 is 9.84 Å². The third kappa shape index (κ3) is 2.99. The fourth-order valence-electron chi connectivity index (χ4n) is 1.98. The van der Waals surface area contributed by atoms with Crippen LogP contribution in [0.25, 0.3) is 0 Å². The molecule has 0 amide bonds. The van der Waals surface area contributed by atoms with E-state index >= 15 is 0 Å². The van der Waals surface area contributed by atoms with Crippen LogP contribution in [-0.4, -0.2) is 29.8 Å². The lowest BCUT2D eigenvalue weighted by molar-refractivity contribution is -0.139. The summed E-state index contributed by atoms with van der Waals surface area (Å²) in [6.45, 7) is 5.27. The van der Waals surface area contributed by atoms with Gasteiger partial charge in [-0.25, -0.2) is 0 Å². The zero-order valence-corrected chi connectivity index (χ0v) is 11.4. The van der Waals surface area contributed by atoms with Crippen LogP contribution in [0.3, 0.4) is 0 Å². The summed E-state index contributed by atoms with van der Waals surface area (Å²) in [6.07, 6.45) is -0.789. The highest BCUT2D eigenvalue weighted by Gasteiger charge is 2.23. The molecular formula is C14H16O5. The van der Waals surface area contributed by atoms with Gasteiger partial charge in [0.1, 0.15) is 12.2 Å². The van der Waals surface area contributed by atoms with Gasteiger partial charge in [0.25, 0.3) is 0 Å². The van der Waals surface area contributed by atoms with E-state index in [-0.39, 0.29) is 5.56 Å². The van der Waals surface area contributed by atoms with Crippen LogP contribution in [0.2, 0.25) is 0 Å². The largest absolute Gasteiger partial charge is 0.496 e. The summed E-state index contributed by atoms with van der Waals surface area (Å²) in [4.78, 5) is 33.9. The smallest absolute Gasteiger partial charge is 0.311 e. The van der Waals surface area contributed by atoms with E-state index in [0.29, 0.717) is 11.3 Å². The van der Waals surface area contributed by atoms with E-state index in [1.54, 1.807) is 26.8 Å². The third-order valence-electron chi connectivity index (χ3n) is 3.04. The molecule has 0 spiro atoms. The maximum Gasteiger partial charge on any atom is 0.311 e. The summed E-state index contributed by atoms with van der Waals surface area (Å²) < 4.78 is 5.23. The van der Waals surface area contributed by atoms with Gasteiger partial charge in [0, 0.05) is 5.56 Å². The second kappa shape index (κ2) is 5.65. The molecule has 0 heterocycles. The molecule has 0 aliphatic carbocycles. The van der Waals surface area contributed by atoms with Crippen molar-refractivity contribution in [1.29, 1.82) is 0 Å². The van der Waals surface area contributed by atoms with E-state index in [4.69, 9.17) is 9.84 Å². The van der Waals surface area contributed by atoms with Crippen molar-refractivity contribution < 1.29 is 24.2 Å². The second-order valence-electron chi connectivity index (χ2n) is 4.35. The number of ketones is 2. The normalized spacial score (nSPS) is 10.1. The van der Waals surface area contributed by atoms with Crippen LogP contribution in [0.1, 0.15) is 33.5 Å². The summed E-state index contributed by atoms with van der Waals surface area (Å²) in [5, 5.41) is 8.55. The van der Waals surface area contributed by atoms with Gasteiger partial charge in [0.15, 0.2) is 0 Å². The zero-order valence-electron chi connectivity index (χ0n) is 11.4. The van der Waals surface area contributed by atoms with Crippen molar-refractivity contribution in [1.82, 2.24) is 0 Å². The highest BCUT2D eigenvalue weighted by atomic mass is 16.5. The minimum Gasteiger partial charge on any atom is -0.496 e. The highest BCUT2D eigenvalue weighted by molar-refractivity contribution is 6.46. The SMILES string of the molecule is COc1c(C)cc(C(=O)C(=O)CC(=O)O)c(C)c1C. The van der Waals surface area contributed by atoms with Gasteiger partial charge in [-0.05, 0) is 43.5 Å². The van der Waals surface area contributed by atoms with Gasteiger partial charge in [-0.15, -0.1) is 0 Å². The predicted octanol–water partition coefficient (Wildman–Crippen LogP) is 1.85. The molecule has 0 atom stereocenters. The number of carbonyl (C=O) groups excluding carboxylic acids is 2. The standard InChI is InChI=1S/C14H16O5/c1-7-5-10(8(2)9(3)14(7)19-4)13(18)11(15)6-12(16)17/h5H,6H2,1-4H3,(H,16,17). The zero-order chi connectivity index (χ0) is 14.7. The van der Waals surface area contributed by atoms with E-state index in [2.05, 4.69) is 0 Å². The van der Waals surface area contributed by atoms with Crippen molar-refractivity contribution in [3.05, 3.63) is 28.3 Å². The molecule has 102 valence electrons. The number of carboxylic acids is 1. The number of methoxy groups -OCH3 is 1. The number of hydrogen-bond acceptors (Lipinski definition) is 4. The van der Waals surface area contributed by atoms with Crippen molar-refractivity contribution >= 4 is 17.5 Å². The first-order valence-electron chi connectivity index (χ1n) is 5.73. The number of ether oxygens (including phenoxy) is 1. The number of carbonyl (C=O) groups is 3. The molecular weight excluding hydrogens is 248 g/mol. The Hall–Kier alpha value is -2.17. The van der Waals surface area contributed by atoms with E-state index in [0.717, 1.165) is 11.1 Å². The summed E-state index contributed by atoms with van der Waals surface area (Å²) in [5.41, 5.74) is 2.37. The van der Waals surface area contributed by atoms with E-state index in [9.17, 15) is 14.4 Å². The summed E-state index contributed by atoms with van der Waals surface area (Å²) >= 11 is 0. The quantitative estimate of drug-likeness (QED) is 0.498. The Morgan fingerprint density at radius 1 is 1.16 bits per heavy atom. The van der Waals surface area contributed by atoms with Crippen LogP contribution in [0.15, 0.2) is 6.07 Å². The Bertz CT molecular complexity index is 557. The van der Waals surface area contributed by atoms with Crippen molar-refractivity contribution in [2.75, 3.05) is 7.11 Å². The number of aryl methyl sites for hydroxylation is 1. The maximum atomic E-state index is 12.0. The number of rotatable bonds is 5. The van der Waals surface area contributed by atoms with Crippen LogP contribution in [0.4, 0.5) is 0 Å². The molecule has 0 fully saturated rings. The molecule has 0 aliphatic heterocycles. The van der Waals surface area contributed by atoms with E-state index < -0.39 is 24.0 Å². The molecule has 1 rings (SSSR count). The molecule has 5 nitrogen and oxygen atoms in total. The average Bonchev–Trinajstić information content (AvgIpc) is 2.32. The van der Waals surface area contributed by atoms with Gasteiger partial charge in [-0.2, -0.15) is 0 Å². The Morgan fingerprint density at radius 3 is 2.21 bits per heavy atom. The topological polar surface area (TPSA) is 80.7 Å². The summed E-state index contributed by atoms with van der Waals surface area (Å²) in [7, 11) is 1.53. The molecule has 0 radical (unpaired) electrons. The molecule has 0 unspecified atom stereocenters. The van der Waals surface area contributed by atoms with Crippen molar-refractivity contribution in [2.45, 2.75) is 27.2 Å². The Balaban J connectivity index is 3.26. The predicted molar refractivity (Wildman–Crippen MR) is 68.8 cm³/mol. The molecule has 0 aliphatic rings. The van der Waals surface area contributed by atoms with Gasteiger partial charge >= 0.3 is 5.97 Å². The Kier molecular flexibility index (Phi) is 4.43. The van der Waals surface area contributed by atoms with E-state index in [1.165, 1.54) is 7.11 Å². The van der Waals surface area contributed by atoms with Crippen LogP contribution < -0.4 is 4.74 Å². The van der Waals surface area contributed by atoms with Crippen LogP contribution >= 0.6 is 0 Å². The minimum absolute atomic E-state index is 0.238. The molecule has 0 saturated heterocycles. The lowest BCUT2D eigenvalue weighted by Crippen LogP contribution is -2.19. The van der Waals surface area contributed by atoms with Gasteiger partial charge in [-0.3, -0.25) is 14.4 Å². The van der Waals surface area contributed by atoms with Crippen LogP contribution in [-0.2, 0) is 9.59 Å². The monoisotopic (exact) mass is 264 g/mol. The van der Waals surface area contributed by atoms with Gasteiger partial charge in [0.05, 0.1) is 7.11 Å². The molecule has 0 saturated carbocycles.